The van der Waals surface area contributed by atoms with E-state index in [0.717, 1.165) is 72.8 Å². The van der Waals surface area contributed by atoms with Gasteiger partial charge in [-0.05, 0) is 49.4 Å². The summed E-state index contributed by atoms with van der Waals surface area (Å²) in [6.45, 7) is 3.96. The monoisotopic (exact) mass is 485 g/mol. The molecule has 2 aliphatic heterocycles. The van der Waals surface area contributed by atoms with Gasteiger partial charge in [0.15, 0.2) is 0 Å². The Kier molecular flexibility index (Phi) is 6.09. The SMILES string of the molecule is O=C(Nc1ccc(-c2ncc3n2CCN(C(=O)OCc2ccccc2)C3)c(N2CCCC2)c1)C1CC1. The van der Waals surface area contributed by atoms with Crippen molar-refractivity contribution in [1.29, 1.82) is 0 Å². The van der Waals surface area contributed by atoms with Crippen LogP contribution >= 0.6 is 0 Å². The van der Waals surface area contributed by atoms with Crippen LogP contribution in [0.5, 0.6) is 0 Å². The van der Waals surface area contributed by atoms with E-state index in [1.54, 1.807) is 4.90 Å². The Morgan fingerprint density at radius 2 is 1.81 bits per heavy atom. The molecular weight excluding hydrogens is 454 g/mol. The lowest BCUT2D eigenvalue weighted by Gasteiger charge is -2.29. The maximum Gasteiger partial charge on any atom is 0.410 e. The molecule has 1 saturated carbocycles. The fraction of sp³-hybridized carbons (Fsp3) is 0.393. The van der Waals surface area contributed by atoms with Gasteiger partial charge in [0.05, 0.1) is 18.4 Å². The number of amides is 2. The van der Waals surface area contributed by atoms with Crippen LogP contribution in [0.3, 0.4) is 0 Å². The van der Waals surface area contributed by atoms with Gasteiger partial charge in [-0.2, -0.15) is 0 Å². The van der Waals surface area contributed by atoms with Crippen LogP contribution in [0, 0.1) is 5.92 Å². The lowest BCUT2D eigenvalue weighted by molar-refractivity contribution is -0.117. The van der Waals surface area contributed by atoms with Crippen LogP contribution in [-0.2, 0) is 29.2 Å². The number of hydrogen-bond donors (Lipinski definition) is 1. The highest BCUT2D eigenvalue weighted by Gasteiger charge is 2.30. The summed E-state index contributed by atoms with van der Waals surface area (Å²) in [6.07, 6.45) is 5.86. The average Bonchev–Trinajstić information content (AvgIpc) is 3.46. The van der Waals surface area contributed by atoms with Crippen molar-refractivity contribution in [2.45, 2.75) is 45.4 Å². The molecule has 0 spiro atoms. The van der Waals surface area contributed by atoms with E-state index >= 15 is 0 Å². The molecule has 1 saturated heterocycles. The third-order valence-electron chi connectivity index (χ3n) is 7.25. The van der Waals surface area contributed by atoms with E-state index in [1.165, 1.54) is 0 Å². The fourth-order valence-electron chi connectivity index (χ4n) is 5.07. The Hall–Kier alpha value is -3.81. The summed E-state index contributed by atoms with van der Waals surface area (Å²) in [5.41, 5.74) is 4.98. The van der Waals surface area contributed by atoms with Crippen LogP contribution in [0.15, 0.2) is 54.7 Å². The molecule has 1 aromatic heterocycles. The number of nitrogens with zero attached hydrogens (tertiary/aromatic N) is 4. The minimum atomic E-state index is -0.304. The van der Waals surface area contributed by atoms with Crippen LogP contribution < -0.4 is 10.2 Å². The summed E-state index contributed by atoms with van der Waals surface area (Å²) in [5, 5.41) is 3.09. The highest BCUT2D eigenvalue weighted by atomic mass is 16.6. The Balaban J connectivity index is 1.20. The number of carbonyl (C=O) groups is 2. The van der Waals surface area contributed by atoms with Crippen molar-refractivity contribution in [1.82, 2.24) is 14.5 Å². The van der Waals surface area contributed by atoms with Crippen LogP contribution in [0.1, 0.15) is 36.9 Å². The second kappa shape index (κ2) is 9.68. The predicted octanol–water partition coefficient (Wildman–Crippen LogP) is 4.65. The minimum absolute atomic E-state index is 0.118. The lowest BCUT2D eigenvalue weighted by atomic mass is 10.1. The molecule has 0 unspecified atom stereocenters. The van der Waals surface area contributed by atoms with Gasteiger partial charge in [-0.1, -0.05) is 30.3 Å². The van der Waals surface area contributed by atoms with Crippen LogP contribution in [-0.4, -0.2) is 46.1 Å². The van der Waals surface area contributed by atoms with Crippen molar-refractivity contribution in [3.05, 3.63) is 66.0 Å². The Labute approximate surface area is 210 Å². The molecule has 2 fully saturated rings. The van der Waals surface area contributed by atoms with Gasteiger partial charge in [0.25, 0.3) is 0 Å². The Bertz CT molecular complexity index is 1260. The molecule has 6 rings (SSSR count). The molecule has 1 aliphatic carbocycles. The average molecular weight is 486 g/mol. The largest absolute Gasteiger partial charge is 0.445 e. The lowest BCUT2D eigenvalue weighted by Crippen LogP contribution is -2.38. The molecule has 36 heavy (non-hydrogen) atoms. The molecule has 2 amide bonds. The minimum Gasteiger partial charge on any atom is -0.445 e. The second-order valence-electron chi connectivity index (χ2n) is 9.88. The highest BCUT2D eigenvalue weighted by molar-refractivity contribution is 5.95. The van der Waals surface area contributed by atoms with E-state index in [4.69, 9.17) is 9.72 Å². The summed E-state index contributed by atoms with van der Waals surface area (Å²) in [6, 6.07) is 15.9. The topological polar surface area (TPSA) is 79.7 Å². The molecule has 0 radical (unpaired) electrons. The predicted molar refractivity (Wildman–Crippen MR) is 138 cm³/mol. The maximum absolute atomic E-state index is 12.7. The van der Waals surface area contributed by atoms with Crippen LogP contribution in [0.2, 0.25) is 0 Å². The van der Waals surface area contributed by atoms with Gasteiger partial charge in [0, 0.05) is 49.0 Å². The first-order chi connectivity index (χ1) is 17.7. The number of nitrogens with one attached hydrogen (secondary N) is 1. The number of anilines is 2. The van der Waals surface area contributed by atoms with Gasteiger partial charge in [0.1, 0.15) is 12.4 Å². The number of benzene rings is 2. The molecule has 2 aromatic carbocycles. The van der Waals surface area contributed by atoms with Crippen molar-refractivity contribution >= 4 is 23.4 Å². The Morgan fingerprint density at radius 3 is 2.58 bits per heavy atom. The van der Waals surface area contributed by atoms with Crippen molar-refractivity contribution < 1.29 is 14.3 Å². The normalized spacial score (nSPS) is 17.1. The number of imidazole rings is 1. The van der Waals surface area contributed by atoms with Gasteiger partial charge in [0.2, 0.25) is 5.91 Å². The van der Waals surface area contributed by atoms with E-state index in [9.17, 15) is 9.59 Å². The van der Waals surface area contributed by atoms with E-state index in [1.807, 2.05) is 42.6 Å². The number of ether oxygens (including phenoxy) is 1. The molecule has 3 heterocycles. The summed E-state index contributed by atoms with van der Waals surface area (Å²) in [7, 11) is 0. The highest BCUT2D eigenvalue weighted by Crippen LogP contribution is 2.37. The zero-order valence-electron chi connectivity index (χ0n) is 20.4. The quantitative estimate of drug-likeness (QED) is 0.550. The molecule has 8 heteroatoms. The van der Waals surface area contributed by atoms with Gasteiger partial charge >= 0.3 is 6.09 Å². The first kappa shape index (κ1) is 22.6. The molecule has 0 bridgehead atoms. The molecule has 1 N–H and O–H groups in total. The standard InChI is InChI=1S/C28H31N5O3/c34-27(21-8-9-21)30-22-10-11-24(25(16-22)31-12-4-5-13-31)26-29-17-23-18-32(14-15-33(23)26)28(35)36-19-20-6-2-1-3-7-20/h1-3,6-7,10-11,16-17,21H,4-5,8-9,12-15,18-19H2,(H,30,34). The van der Waals surface area contributed by atoms with Gasteiger partial charge in [-0.3, -0.25) is 4.79 Å². The fourth-order valence-corrected chi connectivity index (χ4v) is 5.07. The van der Waals surface area contributed by atoms with E-state index in [-0.39, 0.29) is 24.5 Å². The van der Waals surface area contributed by atoms with Crippen molar-refractivity contribution in [3.8, 4) is 11.4 Å². The summed E-state index contributed by atoms with van der Waals surface area (Å²) in [4.78, 5) is 34.0. The van der Waals surface area contributed by atoms with Gasteiger partial charge < -0.3 is 24.4 Å². The third-order valence-corrected chi connectivity index (χ3v) is 7.25. The molecule has 3 aliphatic rings. The summed E-state index contributed by atoms with van der Waals surface area (Å²) >= 11 is 0. The van der Waals surface area contributed by atoms with Crippen molar-refractivity contribution in [2.75, 3.05) is 29.9 Å². The zero-order chi connectivity index (χ0) is 24.5. The summed E-state index contributed by atoms with van der Waals surface area (Å²) < 4.78 is 7.75. The van der Waals surface area contributed by atoms with Crippen molar-refractivity contribution in [3.63, 3.8) is 0 Å². The third kappa shape index (κ3) is 4.67. The van der Waals surface area contributed by atoms with E-state index in [0.29, 0.717) is 19.6 Å². The number of rotatable bonds is 6. The zero-order valence-corrected chi connectivity index (χ0v) is 20.4. The molecule has 3 aromatic rings. The number of carbonyl (C=O) groups excluding carboxylic acids is 2. The van der Waals surface area contributed by atoms with Crippen LogP contribution in [0.4, 0.5) is 16.2 Å². The number of hydrogen-bond acceptors (Lipinski definition) is 5. The first-order valence-corrected chi connectivity index (χ1v) is 12.9. The van der Waals surface area contributed by atoms with Gasteiger partial charge in [-0.15, -0.1) is 0 Å². The van der Waals surface area contributed by atoms with E-state index < -0.39 is 0 Å². The van der Waals surface area contributed by atoms with E-state index in [2.05, 4.69) is 26.9 Å². The molecular formula is C28H31N5O3. The number of fused-ring (bicyclic) bond motifs is 1. The summed E-state index contributed by atoms with van der Waals surface area (Å²) in [5.74, 6) is 1.19. The van der Waals surface area contributed by atoms with Gasteiger partial charge in [-0.25, -0.2) is 9.78 Å². The first-order valence-electron chi connectivity index (χ1n) is 12.9. The second-order valence-corrected chi connectivity index (χ2v) is 9.88. The maximum atomic E-state index is 12.7. The smallest absolute Gasteiger partial charge is 0.410 e. The Morgan fingerprint density at radius 1 is 1.00 bits per heavy atom. The molecule has 8 nitrogen and oxygen atoms in total. The van der Waals surface area contributed by atoms with Crippen LogP contribution in [0.25, 0.3) is 11.4 Å². The molecule has 0 atom stereocenters. The number of aromatic nitrogens is 2. The molecule has 186 valence electrons. The van der Waals surface area contributed by atoms with Crippen molar-refractivity contribution in [2.24, 2.45) is 5.92 Å².